The monoisotopic (exact) mass is 290 g/mol. The molecule has 1 unspecified atom stereocenters. The Labute approximate surface area is 113 Å². The number of methoxy groups -OCH3 is 1. The molecule has 0 spiro atoms. The number of benzene rings is 1. The molecule has 0 fully saturated rings. The molecule has 3 N–H and O–H groups in total. The van der Waals surface area contributed by atoms with Crippen LogP contribution in [0.15, 0.2) is 23.1 Å². The number of nitrogens with two attached hydrogens (primary N) is 1. The van der Waals surface area contributed by atoms with Gasteiger partial charge < -0.3 is 15.8 Å². The number of nitrogens with one attached hydrogen (secondary N) is 1. The van der Waals surface area contributed by atoms with Gasteiger partial charge in [0.2, 0.25) is 5.91 Å². The molecule has 18 heavy (non-hydrogen) atoms. The van der Waals surface area contributed by atoms with E-state index in [1.54, 1.807) is 19.2 Å². The van der Waals surface area contributed by atoms with Gasteiger partial charge in [-0.15, -0.1) is 0 Å². The molecular weight excluding hydrogens is 276 g/mol. The van der Waals surface area contributed by atoms with Crippen LogP contribution in [0.1, 0.15) is 0 Å². The Bertz CT molecular complexity index is 454. The van der Waals surface area contributed by atoms with Gasteiger partial charge in [0, 0.05) is 18.6 Å². The van der Waals surface area contributed by atoms with Crippen LogP contribution in [0, 0.1) is 0 Å². The molecule has 1 aromatic rings. The Morgan fingerprint density at radius 2 is 2.28 bits per heavy atom. The third-order valence-electron chi connectivity index (χ3n) is 2.13. The molecule has 0 radical (unpaired) electrons. The first-order valence-electron chi connectivity index (χ1n) is 5.23. The standard InChI is InChI=1S/C11H15ClN2O3S/c1-17-5-4-14-11(15)7-18(16)8-2-3-10(13)9(12)6-8/h2-3,6H,4-5,7,13H2,1H3,(H,14,15). The molecule has 0 aromatic heterocycles. The number of anilines is 1. The highest BCUT2D eigenvalue weighted by atomic mass is 35.5. The van der Waals surface area contributed by atoms with Gasteiger partial charge in [-0.2, -0.15) is 0 Å². The van der Waals surface area contributed by atoms with Gasteiger partial charge >= 0.3 is 0 Å². The van der Waals surface area contributed by atoms with Crippen LogP contribution in [-0.2, 0) is 20.3 Å². The summed E-state index contributed by atoms with van der Waals surface area (Å²) >= 11 is 5.82. The molecule has 1 atom stereocenters. The lowest BCUT2D eigenvalue weighted by molar-refractivity contribution is -0.118. The number of carbonyl (C=O) groups is 1. The van der Waals surface area contributed by atoms with E-state index in [0.717, 1.165) is 0 Å². The van der Waals surface area contributed by atoms with Crippen LogP contribution in [0.25, 0.3) is 0 Å². The number of rotatable bonds is 6. The smallest absolute Gasteiger partial charge is 0.233 e. The number of amides is 1. The summed E-state index contributed by atoms with van der Waals surface area (Å²) < 4.78 is 16.7. The van der Waals surface area contributed by atoms with Crippen molar-refractivity contribution < 1.29 is 13.7 Å². The SMILES string of the molecule is COCCNC(=O)CS(=O)c1ccc(N)c(Cl)c1. The minimum Gasteiger partial charge on any atom is -0.398 e. The van der Waals surface area contributed by atoms with E-state index >= 15 is 0 Å². The van der Waals surface area contributed by atoms with Crippen molar-refractivity contribution in [2.24, 2.45) is 0 Å². The molecule has 1 aromatic carbocycles. The Kier molecular flexibility index (Phi) is 6.11. The molecule has 5 nitrogen and oxygen atoms in total. The van der Waals surface area contributed by atoms with Gasteiger partial charge in [-0.05, 0) is 18.2 Å². The topological polar surface area (TPSA) is 81.4 Å². The highest BCUT2D eigenvalue weighted by Crippen LogP contribution is 2.21. The van der Waals surface area contributed by atoms with Crippen LogP contribution in [0.4, 0.5) is 5.69 Å². The van der Waals surface area contributed by atoms with Crippen molar-refractivity contribution in [2.45, 2.75) is 4.90 Å². The van der Waals surface area contributed by atoms with Crippen molar-refractivity contribution in [1.29, 1.82) is 0 Å². The van der Waals surface area contributed by atoms with Crippen molar-refractivity contribution in [2.75, 3.05) is 31.7 Å². The van der Waals surface area contributed by atoms with E-state index in [9.17, 15) is 9.00 Å². The molecule has 0 saturated carbocycles. The Morgan fingerprint density at radius 1 is 1.56 bits per heavy atom. The van der Waals surface area contributed by atoms with Crippen LogP contribution in [0.5, 0.6) is 0 Å². The summed E-state index contributed by atoms with van der Waals surface area (Å²) in [5.74, 6) is -0.400. The van der Waals surface area contributed by atoms with E-state index in [2.05, 4.69) is 5.32 Å². The van der Waals surface area contributed by atoms with E-state index in [-0.39, 0.29) is 11.7 Å². The fourth-order valence-electron chi connectivity index (χ4n) is 1.20. The zero-order valence-corrected chi connectivity index (χ0v) is 11.5. The summed E-state index contributed by atoms with van der Waals surface area (Å²) in [7, 11) is 0.112. The molecule has 0 saturated heterocycles. The minimum absolute atomic E-state index is 0.107. The van der Waals surface area contributed by atoms with E-state index in [4.69, 9.17) is 22.1 Å². The summed E-state index contributed by atoms with van der Waals surface area (Å²) in [4.78, 5) is 11.9. The van der Waals surface area contributed by atoms with Crippen molar-refractivity contribution in [3.05, 3.63) is 23.2 Å². The van der Waals surface area contributed by atoms with Crippen molar-refractivity contribution in [3.8, 4) is 0 Å². The first-order chi connectivity index (χ1) is 8.54. The van der Waals surface area contributed by atoms with Gasteiger partial charge in [-0.1, -0.05) is 11.6 Å². The van der Waals surface area contributed by atoms with Gasteiger partial charge in [-0.3, -0.25) is 9.00 Å². The van der Waals surface area contributed by atoms with E-state index < -0.39 is 10.8 Å². The quantitative estimate of drug-likeness (QED) is 0.599. The summed E-state index contributed by atoms with van der Waals surface area (Å²) in [6.07, 6.45) is 0. The fraction of sp³-hybridized carbons (Fsp3) is 0.364. The van der Waals surface area contributed by atoms with Crippen molar-refractivity contribution in [3.63, 3.8) is 0 Å². The largest absolute Gasteiger partial charge is 0.398 e. The predicted octanol–water partition coefficient (Wildman–Crippen LogP) is 0.792. The lowest BCUT2D eigenvalue weighted by Gasteiger charge is -2.06. The van der Waals surface area contributed by atoms with Gasteiger partial charge in [0.05, 0.1) is 28.1 Å². The predicted molar refractivity (Wildman–Crippen MR) is 72.0 cm³/mol. The zero-order chi connectivity index (χ0) is 13.5. The first-order valence-corrected chi connectivity index (χ1v) is 6.93. The highest BCUT2D eigenvalue weighted by molar-refractivity contribution is 7.85. The fourth-order valence-corrected chi connectivity index (χ4v) is 2.42. The number of hydrogen-bond acceptors (Lipinski definition) is 4. The molecule has 0 aliphatic carbocycles. The normalized spacial score (nSPS) is 12.1. The van der Waals surface area contributed by atoms with Gasteiger partial charge in [-0.25, -0.2) is 0 Å². The molecular formula is C11H15ClN2O3S. The van der Waals surface area contributed by atoms with Gasteiger partial charge in [0.15, 0.2) is 0 Å². The molecule has 0 bridgehead atoms. The average Bonchev–Trinajstić information content (AvgIpc) is 2.33. The molecule has 1 amide bonds. The zero-order valence-electron chi connectivity index (χ0n) is 9.94. The maximum Gasteiger partial charge on any atom is 0.233 e. The summed E-state index contributed by atoms with van der Waals surface area (Å²) in [5, 5.41) is 2.93. The highest BCUT2D eigenvalue weighted by Gasteiger charge is 2.11. The molecule has 100 valence electrons. The average molecular weight is 291 g/mol. The van der Waals surface area contributed by atoms with Crippen LogP contribution in [0.3, 0.4) is 0 Å². The summed E-state index contributed by atoms with van der Waals surface area (Å²) in [6, 6.07) is 4.67. The Morgan fingerprint density at radius 3 is 2.89 bits per heavy atom. The maximum atomic E-state index is 11.9. The lowest BCUT2D eigenvalue weighted by Crippen LogP contribution is -2.31. The van der Waals surface area contributed by atoms with E-state index in [0.29, 0.717) is 28.8 Å². The Balaban J connectivity index is 2.54. The second kappa shape index (κ2) is 7.35. The van der Waals surface area contributed by atoms with Crippen LogP contribution < -0.4 is 11.1 Å². The van der Waals surface area contributed by atoms with Crippen LogP contribution in [0.2, 0.25) is 5.02 Å². The summed E-state index contributed by atoms with van der Waals surface area (Å²) in [5.41, 5.74) is 5.97. The second-order valence-corrected chi connectivity index (χ2v) is 5.37. The molecule has 0 heterocycles. The number of hydrogen-bond donors (Lipinski definition) is 2. The number of carbonyl (C=O) groups excluding carboxylic acids is 1. The van der Waals surface area contributed by atoms with Crippen LogP contribution >= 0.6 is 11.6 Å². The lowest BCUT2D eigenvalue weighted by atomic mass is 10.3. The Hall–Kier alpha value is -1.11. The maximum absolute atomic E-state index is 11.9. The molecule has 0 aliphatic rings. The van der Waals surface area contributed by atoms with Crippen LogP contribution in [-0.4, -0.2) is 36.1 Å². The second-order valence-electron chi connectivity index (χ2n) is 3.52. The van der Waals surface area contributed by atoms with E-state index in [1.165, 1.54) is 6.07 Å². The van der Waals surface area contributed by atoms with Gasteiger partial charge in [0.1, 0.15) is 5.75 Å². The first kappa shape index (κ1) is 14.9. The molecule has 1 rings (SSSR count). The molecule has 0 aliphatic heterocycles. The number of halogens is 1. The summed E-state index contributed by atoms with van der Waals surface area (Å²) in [6.45, 7) is 0.821. The number of ether oxygens (including phenoxy) is 1. The minimum atomic E-state index is -1.43. The van der Waals surface area contributed by atoms with Crippen molar-refractivity contribution >= 4 is 34.0 Å². The molecule has 7 heteroatoms. The third-order valence-corrected chi connectivity index (χ3v) is 3.76. The number of nitrogen functional groups attached to an aromatic ring is 1. The van der Waals surface area contributed by atoms with E-state index in [1.807, 2.05) is 0 Å². The third kappa shape index (κ3) is 4.64. The van der Waals surface area contributed by atoms with Crippen molar-refractivity contribution in [1.82, 2.24) is 5.32 Å². The van der Waals surface area contributed by atoms with Gasteiger partial charge in [0.25, 0.3) is 0 Å².